The first-order valence-corrected chi connectivity index (χ1v) is 8.84. The molecule has 1 unspecified atom stereocenters. The van der Waals surface area contributed by atoms with Crippen LogP contribution in [0.4, 0.5) is 0 Å². The summed E-state index contributed by atoms with van der Waals surface area (Å²) in [6, 6.07) is 0. The maximum atomic E-state index is 11.1. The second kappa shape index (κ2) is 6.24. The molecular formula is C13H23N3O3S. The average molecular weight is 301 g/mol. The average Bonchev–Trinajstić information content (AvgIpc) is 2.95. The number of sulfonamides is 1. The third kappa shape index (κ3) is 4.57. The van der Waals surface area contributed by atoms with Crippen molar-refractivity contribution in [1.29, 1.82) is 0 Å². The van der Waals surface area contributed by atoms with E-state index in [0.29, 0.717) is 18.4 Å². The van der Waals surface area contributed by atoms with Crippen LogP contribution >= 0.6 is 0 Å². The molecule has 6 nitrogen and oxygen atoms in total. The molecule has 20 heavy (non-hydrogen) atoms. The van der Waals surface area contributed by atoms with Crippen molar-refractivity contribution < 1.29 is 12.8 Å². The summed E-state index contributed by atoms with van der Waals surface area (Å²) in [5, 5.41) is 0. The van der Waals surface area contributed by atoms with Crippen molar-refractivity contribution >= 4 is 10.0 Å². The van der Waals surface area contributed by atoms with Gasteiger partial charge in [0.15, 0.2) is 5.89 Å². The van der Waals surface area contributed by atoms with Gasteiger partial charge in [-0.05, 0) is 18.9 Å². The number of nitrogens with zero attached hydrogens (tertiary/aromatic N) is 2. The number of nitrogens with one attached hydrogen (secondary N) is 1. The Morgan fingerprint density at radius 1 is 1.55 bits per heavy atom. The van der Waals surface area contributed by atoms with Crippen molar-refractivity contribution in [2.45, 2.75) is 32.7 Å². The SMILES string of the molecule is CC(C)c1nc(CN2CCC(CNS(C)(=O)=O)C2)co1. The molecule has 0 aliphatic carbocycles. The molecule has 0 spiro atoms. The van der Waals surface area contributed by atoms with E-state index in [1.54, 1.807) is 6.26 Å². The van der Waals surface area contributed by atoms with E-state index in [4.69, 9.17) is 4.42 Å². The quantitative estimate of drug-likeness (QED) is 0.853. The van der Waals surface area contributed by atoms with Crippen LogP contribution < -0.4 is 4.72 Å². The van der Waals surface area contributed by atoms with E-state index in [0.717, 1.165) is 37.6 Å². The number of aromatic nitrogens is 1. The summed E-state index contributed by atoms with van der Waals surface area (Å²) < 4.78 is 30.2. The van der Waals surface area contributed by atoms with Crippen LogP contribution in [-0.2, 0) is 16.6 Å². The van der Waals surface area contributed by atoms with Gasteiger partial charge < -0.3 is 4.42 Å². The van der Waals surface area contributed by atoms with Crippen LogP contribution in [0.1, 0.15) is 37.8 Å². The highest BCUT2D eigenvalue weighted by Crippen LogP contribution is 2.19. The van der Waals surface area contributed by atoms with Crippen molar-refractivity contribution in [2.75, 3.05) is 25.9 Å². The monoisotopic (exact) mass is 301 g/mol. The Morgan fingerprint density at radius 3 is 2.90 bits per heavy atom. The molecule has 0 amide bonds. The fourth-order valence-corrected chi connectivity index (χ4v) is 2.92. The molecular weight excluding hydrogens is 278 g/mol. The Balaban J connectivity index is 1.80. The standard InChI is InChI=1S/C13H23N3O3S/c1-10(2)13-15-12(9-19-13)8-16-5-4-11(7-16)6-14-20(3,17)18/h9-11,14H,4-8H2,1-3H3. The van der Waals surface area contributed by atoms with Crippen LogP contribution in [0, 0.1) is 5.92 Å². The van der Waals surface area contributed by atoms with Gasteiger partial charge in [0, 0.05) is 25.6 Å². The summed E-state index contributed by atoms with van der Waals surface area (Å²) >= 11 is 0. The summed E-state index contributed by atoms with van der Waals surface area (Å²) in [6.07, 6.45) is 3.93. The lowest BCUT2D eigenvalue weighted by molar-refractivity contribution is 0.312. The van der Waals surface area contributed by atoms with E-state index >= 15 is 0 Å². The van der Waals surface area contributed by atoms with Gasteiger partial charge in [-0.1, -0.05) is 13.8 Å². The van der Waals surface area contributed by atoms with Gasteiger partial charge in [0.1, 0.15) is 6.26 Å². The Morgan fingerprint density at radius 2 is 2.30 bits per heavy atom. The van der Waals surface area contributed by atoms with Gasteiger partial charge >= 0.3 is 0 Å². The van der Waals surface area contributed by atoms with Crippen molar-refractivity contribution in [3.63, 3.8) is 0 Å². The van der Waals surface area contributed by atoms with Gasteiger partial charge in [-0.25, -0.2) is 18.1 Å². The summed E-state index contributed by atoms with van der Waals surface area (Å²) in [6.45, 7) is 7.26. The fourth-order valence-electron chi connectivity index (χ4n) is 2.38. The first-order chi connectivity index (χ1) is 9.33. The van der Waals surface area contributed by atoms with Crippen LogP contribution in [0.15, 0.2) is 10.7 Å². The van der Waals surface area contributed by atoms with Gasteiger partial charge in [-0.2, -0.15) is 0 Å². The smallest absolute Gasteiger partial charge is 0.208 e. The van der Waals surface area contributed by atoms with Crippen LogP contribution in [0.3, 0.4) is 0 Å². The van der Waals surface area contributed by atoms with Gasteiger partial charge in [-0.3, -0.25) is 4.90 Å². The lowest BCUT2D eigenvalue weighted by Crippen LogP contribution is -2.30. The van der Waals surface area contributed by atoms with E-state index < -0.39 is 10.0 Å². The third-order valence-corrected chi connectivity index (χ3v) is 4.14. The van der Waals surface area contributed by atoms with E-state index in [-0.39, 0.29) is 0 Å². The van der Waals surface area contributed by atoms with E-state index in [1.807, 2.05) is 0 Å². The minimum Gasteiger partial charge on any atom is -0.448 e. The molecule has 1 aliphatic heterocycles. The van der Waals surface area contributed by atoms with Crippen molar-refractivity contribution in [3.05, 3.63) is 17.8 Å². The lowest BCUT2D eigenvalue weighted by atomic mass is 10.1. The second-order valence-corrected chi connectivity index (χ2v) is 7.68. The normalized spacial score (nSPS) is 20.9. The minimum absolute atomic E-state index is 0.300. The molecule has 0 bridgehead atoms. The van der Waals surface area contributed by atoms with Crippen LogP contribution in [0.2, 0.25) is 0 Å². The Labute approximate surface area is 120 Å². The predicted octanol–water partition coefficient (Wildman–Crippen LogP) is 1.17. The first-order valence-electron chi connectivity index (χ1n) is 6.95. The van der Waals surface area contributed by atoms with E-state index in [9.17, 15) is 8.42 Å². The number of hydrogen-bond acceptors (Lipinski definition) is 5. The van der Waals surface area contributed by atoms with Gasteiger partial charge in [-0.15, -0.1) is 0 Å². The highest BCUT2D eigenvalue weighted by Gasteiger charge is 2.24. The van der Waals surface area contributed by atoms with Gasteiger partial charge in [0.2, 0.25) is 10.0 Å². The van der Waals surface area contributed by atoms with E-state index in [2.05, 4.69) is 28.5 Å². The summed E-state index contributed by atoms with van der Waals surface area (Å²) in [7, 11) is -3.09. The highest BCUT2D eigenvalue weighted by molar-refractivity contribution is 7.88. The largest absolute Gasteiger partial charge is 0.448 e. The number of rotatable bonds is 6. The molecule has 0 saturated carbocycles. The highest BCUT2D eigenvalue weighted by atomic mass is 32.2. The zero-order valence-electron chi connectivity index (χ0n) is 12.3. The maximum absolute atomic E-state index is 11.1. The minimum atomic E-state index is -3.09. The molecule has 0 radical (unpaired) electrons. The number of oxazole rings is 1. The van der Waals surface area contributed by atoms with Gasteiger partial charge in [0.05, 0.1) is 11.9 Å². The Bertz CT molecular complexity index is 539. The molecule has 2 heterocycles. The van der Waals surface area contributed by atoms with Gasteiger partial charge in [0.25, 0.3) is 0 Å². The van der Waals surface area contributed by atoms with Crippen molar-refractivity contribution in [2.24, 2.45) is 5.92 Å². The molecule has 1 aromatic rings. The topological polar surface area (TPSA) is 75.4 Å². The molecule has 1 atom stereocenters. The van der Waals surface area contributed by atoms with E-state index in [1.165, 1.54) is 6.26 Å². The Kier molecular flexibility index (Phi) is 4.82. The number of hydrogen-bond donors (Lipinski definition) is 1. The van der Waals surface area contributed by atoms with Crippen molar-refractivity contribution in [1.82, 2.24) is 14.6 Å². The predicted molar refractivity (Wildman–Crippen MR) is 76.8 cm³/mol. The molecule has 1 saturated heterocycles. The molecule has 1 fully saturated rings. The number of likely N-dealkylation sites (tertiary alicyclic amines) is 1. The maximum Gasteiger partial charge on any atom is 0.208 e. The van der Waals surface area contributed by atoms with Crippen LogP contribution in [-0.4, -0.2) is 44.2 Å². The molecule has 1 N–H and O–H groups in total. The Hall–Kier alpha value is -0.920. The van der Waals surface area contributed by atoms with Crippen LogP contribution in [0.5, 0.6) is 0 Å². The molecule has 7 heteroatoms. The molecule has 114 valence electrons. The lowest BCUT2D eigenvalue weighted by Gasteiger charge is -2.14. The molecule has 0 aromatic carbocycles. The zero-order valence-corrected chi connectivity index (χ0v) is 13.1. The summed E-state index contributed by atoms with van der Waals surface area (Å²) in [4.78, 5) is 6.75. The second-order valence-electron chi connectivity index (χ2n) is 5.84. The van der Waals surface area contributed by atoms with Crippen molar-refractivity contribution in [3.8, 4) is 0 Å². The molecule has 1 aromatic heterocycles. The molecule has 2 rings (SSSR count). The fraction of sp³-hybridized carbons (Fsp3) is 0.769. The van der Waals surface area contributed by atoms with Crippen LogP contribution in [0.25, 0.3) is 0 Å². The molecule has 1 aliphatic rings. The summed E-state index contributed by atoms with van der Waals surface area (Å²) in [5.74, 6) is 1.45. The summed E-state index contributed by atoms with van der Waals surface area (Å²) in [5.41, 5.74) is 0.949. The third-order valence-electron chi connectivity index (χ3n) is 3.45. The zero-order chi connectivity index (χ0) is 14.8. The first kappa shape index (κ1) is 15.5.